The molecule has 0 atom stereocenters. The Morgan fingerprint density at radius 3 is 2.68 bits per heavy atom. The Hall–Kier alpha value is -4.35. The SMILES string of the molecule is CN1Cc2cc(-c3ccc(CNC(=O)Cn4c(-c5ncco5)cc5cc(F)ccc54)nc3)ccc2S1(=O)=O. The number of fused-ring (bicyclic) bond motifs is 2. The number of hydrogen-bond donors (Lipinski definition) is 1. The molecule has 0 unspecified atom stereocenters. The summed E-state index contributed by atoms with van der Waals surface area (Å²) in [4.78, 5) is 21.8. The van der Waals surface area contributed by atoms with Gasteiger partial charge in [-0.05, 0) is 53.6 Å². The van der Waals surface area contributed by atoms with Gasteiger partial charge in [0.05, 0.1) is 23.3 Å². The molecule has 1 aliphatic rings. The van der Waals surface area contributed by atoms with Crippen LogP contribution in [0, 0.1) is 5.82 Å². The summed E-state index contributed by atoms with van der Waals surface area (Å²) in [6, 6.07) is 15.1. The number of rotatable bonds is 6. The summed E-state index contributed by atoms with van der Waals surface area (Å²) in [5.41, 5.74) is 4.39. The third kappa shape index (κ3) is 4.25. The molecule has 0 bridgehead atoms. The number of halogens is 1. The van der Waals surface area contributed by atoms with Crippen molar-refractivity contribution in [1.29, 1.82) is 0 Å². The highest BCUT2D eigenvalue weighted by Gasteiger charge is 2.31. The molecular formula is C27H22FN5O4S. The van der Waals surface area contributed by atoms with Gasteiger partial charge in [-0.3, -0.25) is 9.78 Å². The lowest BCUT2D eigenvalue weighted by Gasteiger charge is -2.10. The third-order valence-electron chi connectivity index (χ3n) is 6.58. The van der Waals surface area contributed by atoms with E-state index in [1.54, 1.807) is 42.1 Å². The van der Waals surface area contributed by atoms with Crippen LogP contribution in [0.25, 0.3) is 33.6 Å². The van der Waals surface area contributed by atoms with Gasteiger partial charge in [0.1, 0.15) is 24.3 Å². The molecule has 11 heteroatoms. The molecule has 1 aliphatic heterocycles. The van der Waals surface area contributed by atoms with Crippen molar-refractivity contribution in [2.24, 2.45) is 0 Å². The number of nitrogens with zero attached hydrogens (tertiary/aromatic N) is 4. The number of carbonyl (C=O) groups excluding carboxylic acids is 1. The Kier molecular flexibility index (Phi) is 5.81. The zero-order chi connectivity index (χ0) is 26.4. The van der Waals surface area contributed by atoms with Gasteiger partial charge in [0.15, 0.2) is 0 Å². The van der Waals surface area contributed by atoms with Gasteiger partial charge < -0.3 is 14.3 Å². The van der Waals surface area contributed by atoms with E-state index in [0.717, 1.165) is 16.7 Å². The maximum absolute atomic E-state index is 13.8. The highest BCUT2D eigenvalue weighted by molar-refractivity contribution is 7.89. The van der Waals surface area contributed by atoms with Gasteiger partial charge in [-0.25, -0.2) is 17.8 Å². The third-order valence-corrected chi connectivity index (χ3v) is 8.49. The van der Waals surface area contributed by atoms with Gasteiger partial charge in [0.25, 0.3) is 0 Å². The van der Waals surface area contributed by atoms with Gasteiger partial charge in [-0.1, -0.05) is 12.1 Å². The quantitative estimate of drug-likeness (QED) is 0.355. The lowest BCUT2D eigenvalue weighted by molar-refractivity contribution is -0.121. The summed E-state index contributed by atoms with van der Waals surface area (Å²) in [7, 11) is -1.84. The fourth-order valence-corrected chi connectivity index (χ4v) is 5.99. The molecule has 0 saturated heterocycles. The van der Waals surface area contributed by atoms with Gasteiger partial charge in [-0.2, -0.15) is 4.31 Å². The van der Waals surface area contributed by atoms with Gasteiger partial charge >= 0.3 is 0 Å². The van der Waals surface area contributed by atoms with Crippen molar-refractivity contribution in [3.8, 4) is 22.7 Å². The molecule has 1 amide bonds. The number of amides is 1. The highest BCUT2D eigenvalue weighted by Crippen LogP contribution is 2.32. The largest absolute Gasteiger partial charge is 0.443 e. The minimum atomic E-state index is -3.40. The first-order chi connectivity index (χ1) is 18.3. The van der Waals surface area contributed by atoms with Gasteiger partial charge in [0, 0.05) is 36.3 Å². The fraction of sp³-hybridized carbons (Fsp3) is 0.148. The van der Waals surface area contributed by atoms with Gasteiger partial charge in [0.2, 0.25) is 21.8 Å². The predicted molar refractivity (Wildman–Crippen MR) is 138 cm³/mol. The molecule has 9 nitrogen and oxygen atoms in total. The number of oxazole rings is 1. The number of hydrogen-bond acceptors (Lipinski definition) is 6. The van der Waals surface area contributed by atoms with Crippen molar-refractivity contribution < 1.29 is 22.0 Å². The molecule has 0 saturated carbocycles. The van der Waals surface area contributed by atoms with Crippen molar-refractivity contribution in [3.05, 3.63) is 90.3 Å². The van der Waals surface area contributed by atoms with Gasteiger partial charge in [-0.15, -0.1) is 0 Å². The van der Waals surface area contributed by atoms with Crippen LogP contribution in [0.4, 0.5) is 4.39 Å². The Balaban J connectivity index is 1.16. The van der Waals surface area contributed by atoms with E-state index in [2.05, 4.69) is 15.3 Å². The van der Waals surface area contributed by atoms with E-state index in [9.17, 15) is 17.6 Å². The Labute approximate surface area is 217 Å². The maximum Gasteiger partial charge on any atom is 0.243 e. The average molecular weight is 532 g/mol. The summed E-state index contributed by atoms with van der Waals surface area (Å²) in [6.07, 6.45) is 4.65. The molecule has 192 valence electrons. The summed E-state index contributed by atoms with van der Waals surface area (Å²) < 4.78 is 46.9. The molecule has 5 aromatic rings. The molecule has 38 heavy (non-hydrogen) atoms. The van der Waals surface area contributed by atoms with Crippen LogP contribution in [0.1, 0.15) is 11.3 Å². The monoisotopic (exact) mass is 531 g/mol. The Bertz CT molecular complexity index is 1780. The molecule has 1 N–H and O–H groups in total. The topological polar surface area (TPSA) is 110 Å². The smallest absolute Gasteiger partial charge is 0.243 e. The van der Waals surface area contributed by atoms with E-state index >= 15 is 0 Å². The molecule has 2 aromatic carbocycles. The maximum atomic E-state index is 13.8. The zero-order valence-corrected chi connectivity index (χ0v) is 21.1. The molecule has 6 rings (SSSR count). The second kappa shape index (κ2) is 9.19. The predicted octanol–water partition coefficient (Wildman–Crippen LogP) is 3.95. The van der Waals surface area contributed by atoms with E-state index in [1.165, 1.54) is 28.9 Å². The van der Waals surface area contributed by atoms with Crippen LogP contribution in [0.15, 0.2) is 82.6 Å². The van der Waals surface area contributed by atoms with Crippen molar-refractivity contribution >= 4 is 26.8 Å². The van der Waals surface area contributed by atoms with Crippen LogP contribution >= 0.6 is 0 Å². The van der Waals surface area contributed by atoms with E-state index in [4.69, 9.17) is 4.42 Å². The van der Waals surface area contributed by atoms with Crippen LogP contribution < -0.4 is 5.32 Å². The summed E-state index contributed by atoms with van der Waals surface area (Å²) in [5, 5.41) is 3.51. The molecule has 0 radical (unpaired) electrons. The fourth-order valence-electron chi connectivity index (χ4n) is 4.65. The van der Waals surface area contributed by atoms with Crippen molar-refractivity contribution in [2.75, 3.05) is 7.05 Å². The lowest BCUT2D eigenvalue weighted by Crippen LogP contribution is -2.27. The van der Waals surface area contributed by atoms with Crippen molar-refractivity contribution in [1.82, 2.24) is 24.2 Å². The lowest BCUT2D eigenvalue weighted by atomic mass is 10.0. The number of aromatic nitrogens is 3. The molecular weight excluding hydrogens is 509 g/mol. The number of nitrogens with one attached hydrogen (secondary N) is 1. The van der Waals surface area contributed by atoms with Crippen molar-refractivity contribution in [2.45, 2.75) is 24.5 Å². The second-order valence-electron chi connectivity index (χ2n) is 9.05. The van der Waals surface area contributed by atoms with E-state index in [1.807, 2.05) is 18.2 Å². The van der Waals surface area contributed by atoms with Crippen LogP contribution in [0.5, 0.6) is 0 Å². The number of benzene rings is 2. The minimum Gasteiger partial charge on any atom is -0.443 e. The number of sulfonamides is 1. The minimum absolute atomic E-state index is 0.0165. The van der Waals surface area contributed by atoms with Crippen LogP contribution in [0.3, 0.4) is 0 Å². The highest BCUT2D eigenvalue weighted by atomic mass is 32.2. The van der Waals surface area contributed by atoms with E-state index < -0.39 is 10.0 Å². The molecule has 0 fully saturated rings. The van der Waals surface area contributed by atoms with E-state index in [0.29, 0.717) is 39.6 Å². The number of carbonyl (C=O) groups is 1. The van der Waals surface area contributed by atoms with Crippen LogP contribution in [-0.4, -0.2) is 40.2 Å². The zero-order valence-electron chi connectivity index (χ0n) is 20.3. The van der Waals surface area contributed by atoms with Crippen molar-refractivity contribution in [3.63, 3.8) is 0 Å². The second-order valence-corrected chi connectivity index (χ2v) is 11.1. The first kappa shape index (κ1) is 24.0. The van der Waals surface area contributed by atoms with Crippen LogP contribution in [-0.2, 0) is 34.5 Å². The molecule has 3 aromatic heterocycles. The standard InChI is InChI=1S/C27H22FN5O4S/c1-32-15-20-10-17(3-7-25(20)38(32,35)36)18-2-5-22(30-13-18)14-31-26(34)16-33-23-6-4-21(28)11-19(23)12-24(33)27-29-8-9-37-27/h2-13H,14-16H2,1H3,(H,31,34). The van der Waals surface area contributed by atoms with E-state index in [-0.39, 0.29) is 24.8 Å². The van der Waals surface area contributed by atoms with Crippen LogP contribution in [0.2, 0.25) is 0 Å². The summed E-state index contributed by atoms with van der Waals surface area (Å²) >= 11 is 0. The normalized spacial score (nSPS) is 14.6. The Morgan fingerprint density at radius 2 is 1.92 bits per heavy atom. The average Bonchev–Trinajstić information content (AvgIpc) is 3.60. The molecule has 4 heterocycles. The number of pyridine rings is 1. The molecule has 0 spiro atoms. The summed E-state index contributed by atoms with van der Waals surface area (Å²) in [6.45, 7) is 0.540. The Morgan fingerprint density at radius 1 is 1.08 bits per heavy atom. The first-order valence-corrected chi connectivity index (χ1v) is 13.2. The summed E-state index contributed by atoms with van der Waals surface area (Å²) in [5.74, 6) is -0.290. The first-order valence-electron chi connectivity index (χ1n) is 11.8. The molecule has 0 aliphatic carbocycles.